The van der Waals surface area contributed by atoms with E-state index in [-0.39, 0.29) is 11.7 Å². The van der Waals surface area contributed by atoms with Crippen LogP contribution in [0.5, 0.6) is 0 Å². The first-order valence-electron chi connectivity index (χ1n) is 9.63. The van der Waals surface area contributed by atoms with E-state index in [1.165, 1.54) is 6.42 Å². The van der Waals surface area contributed by atoms with Gasteiger partial charge >= 0.3 is 5.69 Å². The highest BCUT2D eigenvalue weighted by atomic mass is 16.3. The number of hydrogen-bond donors (Lipinski definition) is 4. The fourth-order valence-electron chi connectivity index (χ4n) is 3.76. The average Bonchev–Trinajstić information content (AvgIpc) is 2.87. The van der Waals surface area contributed by atoms with Gasteiger partial charge in [0.2, 0.25) is 0 Å². The Labute approximate surface area is 154 Å². The molecule has 0 amide bonds. The lowest BCUT2D eigenvalue weighted by Gasteiger charge is -2.24. The number of unbranched alkanes of at least 4 members (excludes halogenated alkanes) is 3. The molecule has 8 heteroatoms. The van der Waals surface area contributed by atoms with Gasteiger partial charge in [0, 0.05) is 13.6 Å². The van der Waals surface area contributed by atoms with Crippen molar-refractivity contribution in [1.82, 2.24) is 9.97 Å². The molecule has 0 fully saturated rings. The molecule has 0 aromatic carbocycles. The van der Waals surface area contributed by atoms with Crippen molar-refractivity contribution in [3.8, 4) is 0 Å². The molecule has 0 bridgehead atoms. The third-order valence-electron chi connectivity index (χ3n) is 5.03. The first kappa shape index (κ1) is 20.5. The lowest BCUT2D eigenvalue weighted by molar-refractivity contribution is 0.154. The van der Waals surface area contributed by atoms with Gasteiger partial charge in [-0.2, -0.15) is 0 Å². The van der Waals surface area contributed by atoms with Crippen LogP contribution < -0.4 is 26.8 Å². The second-order valence-electron chi connectivity index (χ2n) is 7.44. The van der Waals surface area contributed by atoms with Crippen molar-refractivity contribution in [2.45, 2.75) is 58.0 Å². The lowest BCUT2D eigenvalue weighted by Crippen LogP contribution is -2.31. The quantitative estimate of drug-likeness (QED) is 0.433. The van der Waals surface area contributed by atoms with E-state index in [0.717, 1.165) is 51.6 Å². The monoisotopic (exact) mass is 367 g/mol. The Morgan fingerprint density at radius 1 is 1.15 bits per heavy atom. The van der Waals surface area contributed by atoms with Crippen molar-refractivity contribution >= 4 is 11.5 Å². The normalized spacial score (nSPS) is 16.0. The maximum Gasteiger partial charge on any atom is 0.327 e. The molecule has 2 rings (SSSR count). The Morgan fingerprint density at radius 2 is 1.88 bits per heavy atom. The number of H-pyrrole nitrogens is 2. The van der Waals surface area contributed by atoms with Gasteiger partial charge in [-0.3, -0.25) is 14.8 Å². The number of aromatic amines is 2. The summed E-state index contributed by atoms with van der Waals surface area (Å²) in [6.07, 6.45) is 7.00. The fraction of sp³-hybridized carbons (Fsp3) is 0.778. The summed E-state index contributed by atoms with van der Waals surface area (Å²) in [6, 6.07) is 0. The van der Waals surface area contributed by atoms with Crippen LogP contribution in [0, 0.1) is 5.92 Å². The minimum atomic E-state index is -0.477. The SMILES string of the molecule is CC(O)CC(CCCCCCN)CCN1CN(C)c2c1[nH]c(=O)[nH]c2=O. The van der Waals surface area contributed by atoms with E-state index in [9.17, 15) is 14.7 Å². The third-order valence-corrected chi connectivity index (χ3v) is 5.03. The molecule has 1 aromatic rings. The summed E-state index contributed by atoms with van der Waals surface area (Å²) in [6.45, 7) is 3.90. The highest BCUT2D eigenvalue weighted by Crippen LogP contribution is 2.29. The molecule has 0 radical (unpaired) electrons. The molecule has 1 aliphatic rings. The van der Waals surface area contributed by atoms with Gasteiger partial charge in [-0.1, -0.05) is 25.7 Å². The smallest absolute Gasteiger partial charge is 0.327 e. The van der Waals surface area contributed by atoms with Crippen LogP contribution in [0.4, 0.5) is 11.5 Å². The van der Waals surface area contributed by atoms with Crippen molar-refractivity contribution in [2.75, 3.05) is 36.6 Å². The summed E-state index contributed by atoms with van der Waals surface area (Å²) in [5, 5.41) is 9.80. The van der Waals surface area contributed by atoms with Crippen molar-refractivity contribution in [3.63, 3.8) is 0 Å². The molecular weight excluding hydrogens is 334 g/mol. The number of fused-ring (bicyclic) bond motifs is 1. The van der Waals surface area contributed by atoms with Crippen molar-refractivity contribution in [3.05, 3.63) is 20.8 Å². The summed E-state index contributed by atoms with van der Waals surface area (Å²) in [7, 11) is 1.84. The summed E-state index contributed by atoms with van der Waals surface area (Å²) < 4.78 is 0. The van der Waals surface area contributed by atoms with E-state index in [4.69, 9.17) is 5.73 Å². The topological polar surface area (TPSA) is 118 Å². The number of rotatable bonds is 11. The van der Waals surface area contributed by atoms with Crippen LogP contribution in [0.15, 0.2) is 9.59 Å². The molecule has 1 aliphatic heterocycles. The van der Waals surface area contributed by atoms with E-state index in [1.54, 1.807) is 0 Å². The van der Waals surface area contributed by atoms with Gasteiger partial charge < -0.3 is 20.6 Å². The molecule has 0 aliphatic carbocycles. The molecule has 2 heterocycles. The van der Waals surface area contributed by atoms with Gasteiger partial charge in [-0.15, -0.1) is 0 Å². The first-order valence-corrected chi connectivity index (χ1v) is 9.63. The van der Waals surface area contributed by atoms with Crippen LogP contribution >= 0.6 is 0 Å². The predicted octanol–water partition coefficient (Wildman–Crippen LogP) is 0.963. The summed E-state index contributed by atoms with van der Waals surface area (Å²) in [5.74, 6) is 1.02. The molecule has 2 atom stereocenters. The van der Waals surface area contributed by atoms with E-state index >= 15 is 0 Å². The zero-order valence-electron chi connectivity index (χ0n) is 16.0. The molecular formula is C18H33N5O3. The summed E-state index contributed by atoms with van der Waals surface area (Å²) in [4.78, 5) is 32.5. The first-order chi connectivity index (χ1) is 12.4. The second-order valence-corrected chi connectivity index (χ2v) is 7.44. The predicted molar refractivity (Wildman–Crippen MR) is 105 cm³/mol. The molecule has 0 saturated carbocycles. The van der Waals surface area contributed by atoms with Crippen LogP contribution in [0.2, 0.25) is 0 Å². The minimum absolute atomic E-state index is 0.319. The number of aliphatic hydroxyl groups excluding tert-OH is 1. The van der Waals surface area contributed by atoms with E-state index in [1.807, 2.05) is 23.8 Å². The second kappa shape index (κ2) is 9.78. The van der Waals surface area contributed by atoms with Crippen molar-refractivity contribution in [2.24, 2.45) is 11.7 Å². The number of hydrogen-bond acceptors (Lipinski definition) is 6. The number of aromatic nitrogens is 2. The van der Waals surface area contributed by atoms with Crippen LogP contribution in [-0.2, 0) is 0 Å². The van der Waals surface area contributed by atoms with E-state index in [2.05, 4.69) is 9.97 Å². The highest BCUT2D eigenvalue weighted by Gasteiger charge is 2.28. The van der Waals surface area contributed by atoms with Gasteiger partial charge in [0.25, 0.3) is 5.56 Å². The molecule has 5 N–H and O–H groups in total. The number of aliphatic hydroxyl groups is 1. The molecule has 2 unspecified atom stereocenters. The highest BCUT2D eigenvalue weighted by molar-refractivity contribution is 5.70. The van der Waals surface area contributed by atoms with Crippen molar-refractivity contribution in [1.29, 1.82) is 0 Å². The average molecular weight is 367 g/mol. The Morgan fingerprint density at radius 3 is 2.58 bits per heavy atom. The Kier molecular flexibility index (Phi) is 7.71. The van der Waals surface area contributed by atoms with E-state index in [0.29, 0.717) is 24.1 Å². The van der Waals surface area contributed by atoms with Gasteiger partial charge in [0.15, 0.2) is 0 Å². The minimum Gasteiger partial charge on any atom is -0.393 e. The van der Waals surface area contributed by atoms with Crippen LogP contribution in [0.25, 0.3) is 0 Å². The molecule has 0 saturated heterocycles. The number of anilines is 2. The summed E-state index contributed by atoms with van der Waals surface area (Å²) in [5.41, 5.74) is 5.22. The zero-order chi connectivity index (χ0) is 19.1. The maximum absolute atomic E-state index is 12.0. The largest absolute Gasteiger partial charge is 0.393 e. The van der Waals surface area contributed by atoms with Gasteiger partial charge in [0.1, 0.15) is 11.5 Å². The Bertz CT molecular complexity index is 670. The number of nitrogens with two attached hydrogens (primary N) is 1. The van der Waals surface area contributed by atoms with Crippen molar-refractivity contribution < 1.29 is 5.11 Å². The fourth-order valence-corrected chi connectivity index (χ4v) is 3.76. The number of nitrogens with one attached hydrogen (secondary N) is 2. The van der Waals surface area contributed by atoms with Crippen LogP contribution in [0.1, 0.15) is 51.9 Å². The van der Waals surface area contributed by atoms with Gasteiger partial charge in [-0.05, 0) is 38.6 Å². The molecule has 1 aromatic heterocycles. The Hall–Kier alpha value is -1.80. The molecule has 148 valence electrons. The molecule has 26 heavy (non-hydrogen) atoms. The zero-order valence-corrected chi connectivity index (χ0v) is 16.0. The van der Waals surface area contributed by atoms with Gasteiger partial charge in [-0.25, -0.2) is 4.79 Å². The lowest BCUT2D eigenvalue weighted by atomic mass is 9.92. The third kappa shape index (κ3) is 5.60. The molecule has 0 spiro atoms. The van der Waals surface area contributed by atoms with Crippen LogP contribution in [-0.4, -0.2) is 48.0 Å². The molecule has 8 nitrogen and oxygen atoms in total. The van der Waals surface area contributed by atoms with Gasteiger partial charge in [0.05, 0.1) is 12.8 Å². The standard InChI is InChI=1S/C18H33N5O3/c1-13(24)11-14(7-5-3-4-6-9-19)8-10-23-12-22(2)15-16(23)20-18(26)21-17(15)25/h13-14,24H,3-12,19H2,1-2H3,(H2,20,21,25,26). The Balaban J connectivity index is 1.94. The van der Waals surface area contributed by atoms with E-state index < -0.39 is 5.69 Å². The maximum atomic E-state index is 12.0. The number of nitrogens with zero attached hydrogens (tertiary/aromatic N) is 2. The summed E-state index contributed by atoms with van der Waals surface area (Å²) >= 11 is 0. The van der Waals surface area contributed by atoms with Crippen LogP contribution in [0.3, 0.4) is 0 Å².